The molecule has 0 saturated carbocycles. The average molecular weight is 321 g/mol. The van der Waals surface area contributed by atoms with Crippen LogP contribution >= 0.6 is 0 Å². The molecule has 0 radical (unpaired) electrons. The molecule has 116 valence electrons. The van der Waals surface area contributed by atoms with E-state index in [0.29, 0.717) is 11.1 Å². The fourth-order valence-electron chi connectivity index (χ4n) is 1.59. The lowest BCUT2D eigenvalue weighted by atomic mass is 10.1. The number of hydrogen-bond acceptors (Lipinski definition) is 3. The van der Waals surface area contributed by atoms with Crippen LogP contribution in [0, 0.1) is 18.8 Å². The molecule has 8 heteroatoms. The van der Waals surface area contributed by atoms with E-state index in [2.05, 4.69) is 11.8 Å². The predicted molar refractivity (Wildman–Crippen MR) is 71.0 cm³/mol. The molecule has 0 atom stereocenters. The second-order valence-corrected chi connectivity index (χ2v) is 6.36. The number of rotatable bonds is 3. The van der Waals surface area contributed by atoms with E-state index >= 15 is 0 Å². The molecule has 0 spiro atoms. The van der Waals surface area contributed by atoms with Crippen LogP contribution in [0.15, 0.2) is 23.1 Å². The first-order valence-corrected chi connectivity index (χ1v) is 7.25. The molecule has 1 N–H and O–H groups in total. The first kappa shape index (κ1) is 17.5. The fraction of sp³-hybridized carbons (Fsp3) is 0.385. The largest absolute Gasteiger partial charge is 0.402 e. The van der Waals surface area contributed by atoms with Gasteiger partial charge in [0.15, 0.2) is 0 Å². The third kappa shape index (κ3) is 4.74. The third-order valence-corrected chi connectivity index (χ3v) is 4.41. The molecule has 0 unspecified atom stereocenters. The Hall–Kier alpha value is -1.56. The van der Waals surface area contributed by atoms with E-state index in [0.717, 1.165) is 7.05 Å². The number of hydrogen-bond donors (Lipinski definition) is 1. The first-order chi connectivity index (χ1) is 9.58. The molecule has 0 saturated heterocycles. The average Bonchev–Trinajstić information content (AvgIpc) is 2.35. The Balaban J connectivity index is 3.13. The molecule has 0 aromatic heterocycles. The number of aryl methyl sites for hydroxylation is 1. The van der Waals surface area contributed by atoms with Gasteiger partial charge in [0.05, 0.1) is 4.90 Å². The summed E-state index contributed by atoms with van der Waals surface area (Å²) in [6.07, 6.45) is -4.61. The molecule has 0 fully saturated rings. The standard InChI is InChI=1S/C13H14F3NO3S/c1-10-8-12(6-5-11(10)4-3-7-18)21(19,20)17(2)9-13(14,15)16/h5-6,8,18H,7,9H2,1-2H3. The van der Waals surface area contributed by atoms with Gasteiger partial charge in [-0.15, -0.1) is 0 Å². The Bertz CT molecular complexity index is 672. The van der Waals surface area contributed by atoms with Crippen molar-refractivity contribution in [2.24, 2.45) is 0 Å². The summed E-state index contributed by atoms with van der Waals surface area (Å²) in [5.41, 5.74) is 0.999. The normalized spacial score (nSPS) is 12.1. The van der Waals surface area contributed by atoms with Crippen LogP contribution in [0.3, 0.4) is 0 Å². The van der Waals surface area contributed by atoms with Crippen LogP contribution in [0.2, 0.25) is 0 Å². The Labute approximate surface area is 121 Å². The van der Waals surface area contributed by atoms with Crippen molar-refractivity contribution >= 4 is 10.0 Å². The Morgan fingerprint density at radius 3 is 2.43 bits per heavy atom. The second-order valence-electron chi connectivity index (χ2n) is 4.31. The van der Waals surface area contributed by atoms with Gasteiger partial charge in [0, 0.05) is 12.6 Å². The molecule has 1 aromatic carbocycles. The summed E-state index contributed by atoms with van der Waals surface area (Å²) in [4.78, 5) is -0.235. The molecular weight excluding hydrogens is 307 g/mol. The summed E-state index contributed by atoms with van der Waals surface area (Å²) in [5.74, 6) is 5.03. The van der Waals surface area contributed by atoms with Gasteiger partial charge < -0.3 is 5.11 Å². The monoisotopic (exact) mass is 321 g/mol. The molecule has 0 heterocycles. The number of aliphatic hydroxyl groups excluding tert-OH is 1. The Morgan fingerprint density at radius 2 is 1.95 bits per heavy atom. The van der Waals surface area contributed by atoms with Crippen molar-refractivity contribution in [3.8, 4) is 11.8 Å². The van der Waals surface area contributed by atoms with Crippen LogP contribution in [-0.4, -0.2) is 44.2 Å². The number of nitrogens with zero attached hydrogens (tertiary/aromatic N) is 1. The quantitative estimate of drug-likeness (QED) is 0.859. The molecule has 1 aromatic rings. The lowest BCUT2D eigenvalue weighted by Gasteiger charge is -2.19. The maximum atomic E-state index is 12.3. The molecule has 4 nitrogen and oxygen atoms in total. The maximum Gasteiger partial charge on any atom is 0.402 e. The highest BCUT2D eigenvalue weighted by Crippen LogP contribution is 2.22. The van der Waals surface area contributed by atoms with Crippen LogP contribution in [0.5, 0.6) is 0 Å². The summed E-state index contributed by atoms with van der Waals surface area (Å²) < 4.78 is 61.2. The van der Waals surface area contributed by atoms with Gasteiger partial charge in [-0.2, -0.15) is 17.5 Å². The topological polar surface area (TPSA) is 57.6 Å². The van der Waals surface area contributed by atoms with E-state index in [1.54, 1.807) is 6.92 Å². The number of halogens is 3. The van der Waals surface area contributed by atoms with Gasteiger partial charge >= 0.3 is 6.18 Å². The van der Waals surface area contributed by atoms with Gasteiger partial charge in [-0.3, -0.25) is 0 Å². The number of aliphatic hydroxyl groups is 1. The molecule has 0 aliphatic heterocycles. The molecule has 0 aliphatic carbocycles. The van der Waals surface area contributed by atoms with Crippen molar-refractivity contribution < 1.29 is 26.7 Å². The second kappa shape index (κ2) is 6.47. The number of benzene rings is 1. The zero-order valence-corrected chi connectivity index (χ0v) is 12.2. The van der Waals surface area contributed by atoms with E-state index < -0.39 is 22.7 Å². The predicted octanol–water partition coefficient (Wildman–Crippen LogP) is 1.52. The molecule has 1 rings (SSSR count). The fourth-order valence-corrected chi connectivity index (χ4v) is 2.83. The van der Waals surface area contributed by atoms with Crippen LogP contribution in [-0.2, 0) is 10.0 Å². The van der Waals surface area contributed by atoms with Crippen molar-refractivity contribution in [1.82, 2.24) is 4.31 Å². The highest BCUT2D eigenvalue weighted by atomic mass is 32.2. The minimum Gasteiger partial charge on any atom is -0.384 e. The maximum absolute atomic E-state index is 12.3. The van der Waals surface area contributed by atoms with Gasteiger partial charge in [0.25, 0.3) is 0 Å². The van der Waals surface area contributed by atoms with E-state index in [1.165, 1.54) is 18.2 Å². The number of sulfonamides is 1. The summed E-state index contributed by atoms with van der Waals surface area (Å²) >= 11 is 0. The molecule has 0 aliphatic rings. The summed E-state index contributed by atoms with van der Waals surface area (Å²) in [6.45, 7) is -0.307. The molecule has 21 heavy (non-hydrogen) atoms. The highest BCUT2D eigenvalue weighted by Gasteiger charge is 2.34. The number of alkyl halides is 3. The summed E-state index contributed by atoms with van der Waals surface area (Å²) in [5, 5.41) is 8.60. The lowest BCUT2D eigenvalue weighted by molar-refractivity contribution is -0.134. The minimum absolute atomic E-state index is 0.235. The SMILES string of the molecule is Cc1cc(S(=O)(=O)N(C)CC(F)(F)F)ccc1C#CCO. The summed E-state index contributed by atoms with van der Waals surface area (Å²) in [6, 6.07) is 3.84. The van der Waals surface area contributed by atoms with Crippen molar-refractivity contribution in [3.63, 3.8) is 0 Å². The van der Waals surface area contributed by atoms with E-state index in [-0.39, 0.29) is 15.8 Å². The highest BCUT2D eigenvalue weighted by molar-refractivity contribution is 7.89. The van der Waals surface area contributed by atoms with Crippen molar-refractivity contribution in [3.05, 3.63) is 29.3 Å². The summed E-state index contributed by atoms with van der Waals surface area (Å²) in [7, 11) is -3.34. The van der Waals surface area contributed by atoms with Gasteiger partial charge in [0.2, 0.25) is 10.0 Å². The van der Waals surface area contributed by atoms with Crippen LogP contribution < -0.4 is 0 Å². The van der Waals surface area contributed by atoms with Gasteiger partial charge in [0.1, 0.15) is 13.2 Å². The minimum atomic E-state index is -4.61. The van der Waals surface area contributed by atoms with E-state index in [9.17, 15) is 21.6 Å². The molecule has 0 bridgehead atoms. The van der Waals surface area contributed by atoms with E-state index in [4.69, 9.17) is 5.11 Å². The third-order valence-electron chi connectivity index (χ3n) is 2.61. The lowest BCUT2D eigenvalue weighted by Crippen LogP contribution is -2.35. The Morgan fingerprint density at radius 1 is 1.33 bits per heavy atom. The molecular formula is C13H14F3NO3S. The van der Waals surface area contributed by atoms with Crippen LogP contribution in [0.25, 0.3) is 0 Å². The van der Waals surface area contributed by atoms with Gasteiger partial charge in [-0.05, 0) is 30.7 Å². The zero-order chi connectivity index (χ0) is 16.3. The van der Waals surface area contributed by atoms with E-state index in [1.807, 2.05) is 0 Å². The van der Waals surface area contributed by atoms with Crippen molar-refractivity contribution in [2.75, 3.05) is 20.2 Å². The first-order valence-electron chi connectivity index (χ1n) is 5.81. The van der Waals surface area contributed by atoms with Crippen molar-refractivity contribution in [1.29, 1.82) is 0 Å². The smallest absolute Gasteiger partial charge is 0.384 e. The van der Waals surface area contributed by atoms with Crippen LogP contribution in [0.4, 0.5) is 13.2 Å². The van der Waals surface area contributed by atoms with Gasteiger partial charge in [-0.1, -0.05) is 11.8 Å². The van der Waals surface area contributed by atoms with Crippen molar-refractivity contribution in [2.45, 2.75) is 18.0 Å². The van der Waals surface area contributed by atoms with Gasteiger partial charge in [-0.25, -0.2) is 8.42 Å². The Kier molecular flexibility index (Phi) is 5.39. The zero-order valence-electron chi connectivity index (χ0n) is 11.4. The van der Waals surface area contributed by atoms with Crippen LogP contribution in [0.1, 0.15) is 11.1 Å². The molecule has 0 amide bonds.